The van der Waals surface area contributed by atoms with Gasteiger partial charge in [-0.2, -0.15) is 0 Å². The minimum atomic E-state index is -2.48. The molecule has 0 bridgehead atoms. The number of carbonyl (C=O) groups is 1. The first-order valence-electron chi connectivity index (χ1n) is 5.24. The molecule has 0 radical (unpaired) electrons. The molecule has 0 amide bonds. The summed E-state index contributed by atoms with van der Waals surface area (Å²) in [6.45, 7) is 4.03. The first-order valence-corrected chi connectivity index (χ1v) is 6.61. The van der Waals surface area contributed by atoms with Gasteiger partial charge >= 0.3 is 14.0 Å². The van der Waals surface area contributed by atoms with Gasteiger partial charge in [0.1, 0.15) is 6.04 Å². The van der Waals surface area contributed by atoms with E-state index in [-0.39, 0.29) is 6.16 Å². The minimum Gasteiger partial charge on any atom is -0.595 e. The van der Waals surface area contributed by atoms with Crippen LogP contribution in [-0.4, -0.2) is 24.8 Å². The number of carbonyl (C=O) groups excluding carboxylic acids is 1. The van der Waals surface area contributed by atoms with Crippen molar-refractivity contribution in [3.63, 3.8) is 0 Å². The Balaban J connectivity index is 4.34. The van der Waals surface area contributed by atoms with E-state index in [1.54, 1.807) is 0 Å². The van der Waals surface area contributed by atoms with Crippen LogP contribution in [0.2, 0.25) is 0 Å². The quantitative estimate of drug-likeness (QED) is 0.406. The number of ether oxygens (including phenoxy) is 1. The number of allylic oxidation sites excluding steroid dienone is 1. The van der Waals surface area contributed by atoms with E-state index in [4.69, 9.17) is 10.5 Å². The van der Waals surface area contributed by atoms with E-state index in [0.29, 0.717) is 18.6 Å². The van der Waals surface area contributed by atoms with Gasteiger partial charge in [-0.15, -0.1) is 0 Å². The Hall–Kier alpha value is -0.770. The van der Waals surface area contributed by atoms with E-state index in [1.807, 2.05) is 13.8 Å². The van der Waals surface area contributed by atoms with Crippen molar-refractivity contribution in [2.75, 3.05) is 12.8 Å². The molecule has 5 nitrogen and oxygen atoms in total. The molecule has 0 aromatic rings. The van der Waals surface area contributed by atoms with E-state index in [9.17, 15) is 14.3 Å². The number of hydrogen-bond acceptors (Lipinski definition) is 5. The summed E-state index contributed by atoms with van der Waals surface area (Å²) in [5.74, 6) is -0.520. The van der Waals surface area contributed by atoms with Crippen molar-refractivity contribution in [1.82, 2.24) is 0 Å². The average molecular weight is 247 g/mol. The van der Waals surface area contributed by atoms with Crippen LogP contribution in [0.15, 0.2) is 11.6 Å². The smallest absolute Gasteiger partial charge is 0.326 e. The van der Waals surface area contributed by atoms with Crippen LogP contribution in [0.1, 0.15) is 26.7 Å². The highest BCUT2D eigenvalue weighted by Crippen LogP contribution is 2.16. The monoisotopic (exact) mass is 247 g/mol. The molecule has 2 N–H and O–H groups in total. The summed E-state index contributed by atoms with van der Waals surface area (Å²) in [6.07, 6.45) is 2.69. The largest absolute Gasteiger partial charge is 0.595 e. The Kier molecular flexibility index (Phi) is 7.99. The van der Waals surface area contributed by atoms with Crippen molar-refractivity contribution in [3.05, 3.63) is 11.6 Å². The fourth-order valence-corrected chi connectivity index (χ4v) is 1.73. The second-order valence-corrected chi connectivity index (χ2v) is 4.34. The van der Waals surface area contributed by atoms with Gasteiger partial charge in [-0.25, -0.2) is 0 Å². The molecule has 0 saturated heterocycles. The summed E-state index contributed by atoms with van der Waals surface area (Å²) in [5, 5.41) is 0. The topological polar surface area (TPSA) is 92.5 Å². The summed E-state index contributed by atoms with van der Waals surface area (Å²) in [4.78, 5) is 21.8. The second kappa shape index (κ2) is 8.39. The number of rotatable bonds is 7. The first kappa shape index (κ1) is 15.2. The predicted octanol–water partition coefficient (Wildman–Crippen LogP) is 0.706. The van der Waals surface area contributed by atoms with Crippen molar-refractivity contribution in [1.29, 1.82) is 0 Å². The average Bonchev–Trinajstić information content (AvgIpc) is 2.23. The number of hydrogen-bond donors (Lipinski definition) is 1. The number of esters is 1. The van der Waals surface area contributed by atoms with E-state index >= 15 is 0 Å². The Morgan fingerprint density at radius 3 is 2.62 bits per heavy atom. The lowest BCUT2D eigenvalue weighted by molar-refractivity contribution is -0.163. The third-order valence-corrected chi connectivity index (χ3v) is 2.59. The van der Waals surface area contributed by atoms with E-state index in [1.165, 1.54) is 6.08 Å². The van der Waals surface area contributed by atoms with Crippen molar-refractivity contribution >= 4 is 14.0 Å². The molecule has 0 aliphatic carbocycles. The van der Waals surface area contributed by atoms with Crippen molar-refractivity contribution in [2.45, 2.75) is 32.7 Å². The maximum Gasteiger partial charge on any atom is 0.326 e. The zero-order chi connectivity index (χ0) is 12.6. The molecule has 0 aliphatic heterocycles. The molecule has 0 saturated carbocycles. The SMILES string of the molecule is CCCOC(=O)C(N)C=C(CC)C[P+](=O)[O-]. The molecular formula is C10H18NO4P. The highest BCUT2D eigenvalue weighted by molar-refractivity contribution is 7.36. The lowest BCUT2D eigenvalue weighted by Crippen LogP contribution is -2.31. The molecular weight excluding hydrogens is 229 g/mol. The summed E-state index contributed by atoms with van der Waals surface area (Å²) in [7, 11) is -2.48. The van der Waals surface area contributed by atoms with Crippen LogP contribution in [0.5, 0.6) is 0 Å². The third kappa shape index (κ3) is 6.67. The molecule has 0 fully saturated rings. The van der Waals surface area contributed by atoms with E-state index in [2.05, 4.69) is 0 Å². The van der Waals surface area contributed by atoms with Gasteiger partial charge in [-0.3, -0.25) is 4.79 Å². The van der Waals surface area contributed by atoms with Gasteiger partial charge in [0.15, 0.2) is 6.16 Å². The van der Waals surface area contributed by atoms with Crippen molar-refractivity contribution < 1.29 is 19.0 Å². The van der Waals surface area contributed by atoms with E-state index < -0.39 is 20.0 Å². The molecule has 6 heteroatoms. The lowest BCUT2D eigenvalue weighted by Gasteiger charge is -2.08. The highest BCUT2D eigenvalue weighted by Gasteiger charge is 2.14. The zero-order valence-corrected chi connectivity index (χ0v) is 10.5. The fourth-order valence-electron chi connectivity index (χ4n) is 1.07. The van der Waals surface area contributed by atoms with Gasteiger partial charge < -0.3 is 15.4 Å². The highest BCUT2D eigenvalue weighted by atomic mass is 31.1. The second-order valence-electron chi connectivity index (χ2n) is 3.36. The van der Waals surface area contributed by atoms with Crippen LogP contribution < -0.4 is 10.6 Å². The first-order chi connectivity index (χ1) is 7.51. The molecule has 2 atom stereocenters. The Labute approximate surface area is 96.5 Å². The van der Waals surface area contributed by atoms with Crippen LogP contribution in [0.25, 0.3) is 0 Å². The third-order valence-electron chi connectivity index (χ3n) is 1.92. The van der Waals surface area contributed by atoms with Gasteiger partial charge in [-0.1, -0.05) is 24.5 Å². The Morgan fingerprint density at radius 1 is 1.56 bits per heavy atom. The Morgan fingerprint density at radius 2 is 2.19 bits per heavy atom. The zero-order valence-electron chi connectivity index (χ0n) is 9.64. The van der Waals surface area contributed by atoms with Gasteiger partial charge in [0.05, 0.1) is 6.61 Å². The lowest BCUT2D eigenvalue weighted by atomic mass is 10.1. The van der Waals surface area contributed by atoms with Crippen LogP contribution in [-0.2, 0) is 14.1 Å². The van der Waals surface area contributed by atoms with Gasteiger partial charge in [0.25, 0.3) is 0 Å². The maximum absolute atomic E-state index is 11.3. The molecule has 2 unspecified atom stereocenters. The standard InChI is InChI=1S/C10H18NO4P/c1-3-5-15-10(12)9(11)6-8(4-2)7-16(13)14/h6,9H,3-5,7,11H2,1-2H3. The molecule has 0 rings (SSSR count). The molecule has 92 valence electrons. The normalized spacial score (nSPS) is 14.5. The summed E-state index contributed by atoms with van der Waals surface area (Å²) < 4.78 is 15.4. The van der Waals surface area contributed by atoms with Gasteiger partial charge in [0, 0.05) is 0 Å². The van der Waals surface area contributed by atoms with E-state index in [0.717, 1.165) is 6.42 Å². The summed E-state index contributed by atoms with van der Waals surface area (Å²) >= 11 is 0. The van der Waals surface area contributed by atoms with Crippen LogP contribution in [0.3, 0.4) is 0 Å². The minimum absolute atomic E-state index is 0.0550. The summed E-state index contributed by atoms with van der Waals surface area (Å²) in [5.41, 5.74) is 6.20. The van der Waals surface area contributed by atoms with Crippen LogP contribution in [0.4, 0.5) is 0 Å². The van der Waals surface area contributed by atoms with Crippen molar-refractivity contribution in [2.24, 2.45) is 5.73 Å². The predicted molar refractivity (Wildman–Crippen MR) is 60.1 cm³/mol. The summed E-state index contributed by atoms with van der Waals surface area (Å²) in [6, 6.07) is -0.878. The molecule has 0 heterocycles. The molecule has 0 aromatic carbocycles. The number of nitrogens with two attached hydrogens (primary N) is 1. The van der Waals surface area contributed by atoms with Crippen LogP contribution >= 0.6 is 8.03 Å². The Bertz CT molecular complexity index is 278. The molecule has 16 heavy (non-hydrogen) atoms. The molecule has 0 aromatic heterocycles. The molecule has 0 aliphatic rings. The fraction of sp³-hybridized carbons (Fsp3) is 0.700. The molecule has 0 spiro atoms. The maximum atomic E-state index is 11.3. The van der Waals surface area contributed by atoms with Gasteiger partial charge in [-0.05, 0) is 18.4 Å². The van der Waals surface area contributed by atoms with Crippen LogP contribution in [0, 0.1) is 0 Å². The van der Waals surface area contributed by atoms with Gasteiger partial charge in [0.2, 0.25) is 0 Å². The van der Waals surface area contributed by atoms with Crippen molar-refractivity contribution in [3.8, 4) is 0 Å².